The summed E-state index contributed by atoms with van der Waals surface area (Å²) in [7, 11) is 0. The zero-order valence-corrected chi connectivity index (χ0v) is 21.6. The van der Waals surface area contributed by atoms with Gasteiger partial charge in [-0.2, -0.15) is 13.2 Å². The summed E-state index contributed by atoms with van der Waals surface area (Å²) in [5.74, 6) is 0.302. The Bertz CT molecular complexity index is 973. The third-order valence-electron chi connectivity index (χ3n) is 8.51. The monoisotopic (exact) mass is 507 g/mol. The Morgan fingerprint density at radius 1 is 1.22 bits per heavy atom. The second-order valence-electron chi connectivity index (χ2n) is 11.0. The number of carbonyl (C=O) groups is 1. The first-order valence-electron chi connectivity index (χ1n) is 13.0. The van der Waals surface area contributed by atoms with E-state index in [2.05, 4.69) is 24.8 Å². The van der Waals surface area contributed by atoms with Crippen LogP contribution in [0.1, 0.15) is 46.1 Å². The molecule has 2 aliphatic carbocycles. The Kier molecular flexibility index (Phi) is 7.77. The molecule has 2 fully saturated rings. The largest absolute Gasteiger partial charge is 0.458 e. The van der Waals surface area contributed by atoms with Gasteiger partial charge < -0.3 is 14.7 Å². The van der Waals surface area contributed by atoms with Crippen molar-refractivity contribution in [3.8, 4) is 0 Å². The summed E-state index contributed by atoms with van der Waals surface area (Å²) in [5, 5.41) is 11.7. The predicted molar refractivity (Wildman–Crippen MR) is 133 cm³/mol. The van der Waals surface area contributed by atoms with Crippen molar-refractivity contribution in [3.05, 3.63) is 47.9 Å². The van der Waals surface area contributed by atoms with E-state index in [1.54, 1.807) is 6.07 Å². The van der Waals surface area contributed by atoms with Gasteiger partial charge in [-0.15, -0.1) is 0 Å². The van der Waals surface area contributed by atoms with Crippen LogP contribution < -0.4 is 4.90 Å². The molecule has 3 aliphatic rings. The highest BCUT2D eigenvalue weighted by Crippen LogP contribution is 2.51. The fraction of sp³-hybridized carbons (Fsp3) is 0.643. The second-order valence-corrected chi connectivity index (χ2v) is 11.0. The van der Waals surface area contributed by atoms with E-state index in [0.29, 0.717) is 24.7 Å². The van der Waals surface area contributed by atoms with Gasteiger partial charge in [0.15, 0.2) is 0 Å². The van der Waals surface area contributed by atoms with Gasteiger partial charge in [-0.3, -0.25) is 9.69 Å². The van der Waals surface area contributed by atoms with Gasteiger partial charge in [0.05, 0.1) is 11.2 Å². The molecule has 1 aromatic carbocycles. The van der Waals surface area contributed by atoms with Crippen molar-refractivity contribution in [3.63, 3.8) is 0 Å². The quantitative estimate of drug-likeness (QED) is 0.451. The Labute approximate surface area is 212 Å². The molecule has 1 saturated carbocycles. The summed E-state index contributed by atoms with van der Waals surface area (Å²) in [5.41, 5.74) is -0.0528. The number of ether oxygens (including phenoxy) is 1. The molecule has 1 aliphatic heterocycles. The van der Waals surface area contributed by atoms with Crippen LogP contribution in [-0.2, 0) is 15.7 Å². The Hall–Kier alpha value is -2.06. The van der Waals surface area contributed by atoms with E-state index in [9.17, 15) is 23.1 Å². The van der Waals surface area contributed by atoms with E-state index in [-0.39, 0.29) is 23.7 Å². The lowest BCUT2D eigenvalue weighted by Gasteiger charge is -2.53. The molecular formula is C28H38F3N2O3. The third kappa shape index (κ3) is 5.59. The molecule has 8 heteroatoms. The van der Waals surface area contributed by atoms with Crippen LogP contribution in [0, 0.1) is 30.1 Å². The van der Waals surface area contributed by atoms with Crippen LogP contribution in [0.25, 0.3) is 0 Å². The zero-order valence-electron chi connectivity index (χ0n) is 21.6. The van der Waals surface area contributed by atoms with Gasteiger partial charge in [0.25, 0.3) is 0 Å². The average molecular weight is 508 g/mol. The number of benzene rings is 1. The minimum atomic E-state index is -4.34. The molecular weight excluding hydrogens is 469 g/mol. The fourth-order valence-corrected chi connectivity index (χ4v) is 6.36. The lowest BCUT2D eigenvalue weighted by molar-refractivity contribution is -0.148. The minimum absolute atomic E-state index is 0.0329. The second kappa shape index (κ2) is 10.4. The molecule has 0 spiro atoms. The summed E-state index contributed by atoms with van der Waals surface area (Å²) in [6.07, 6.45) is 1.05. The highest BCUT2D eigenvalue weighted by Gasteiger charge is 2.53. The molecule has 0 amide bonds. The standard InChI is InChI=1S/C28H38F3N2O3/c1-18-14-25-24(9-8-20(3)27(25,35)16-26(18)36-21(4)34)19(2)17-32-10-12-33(13-11-32)23-7-5-6-22(15-23)28(29,30)31/h5-7,14-16,19-20,24-26,35H,8-13,17H2,1-4H3/t19?,20-,24+,25-,26-,27-/m1/s1. The molecule has 4 rings (SSSR count). The predicted octanol–water partition coefficient (Wildman–Crippen LogP) is 4.95. The number of rotatable bonds is 5. The third-order valence-corrected chi connectivity index (χ3v) is 8.51. The van der Waals surface area contributed by atoms with Gasteiger partial charge in [0.2, 0.25) is 0 Å². The first kappa shape index (κ1) is 27.0. The summed E-state index contributed by atoms with van der Waals surface area (Å²) >= 11 is 0. The van der Waals surface area contributed by atoms with Crippen molar-refractivity contribution < 1.29 is 27.8 Å². The van der Waals surface area contributed by atoms with E-state index in [1.807, 2.05) is 18.2 Å². The van der Waals surface area contributed by atoms with E-state index in [0.717, 1.165) is 44.1 Å². The Morgan fingerprint density at radius 2 is 1.92 bits per heavy atom. The van der Waals surface area contributed by atoms with Crippen LogP contribution >= 0.6 is 0 Å². The van der Waals surface area contributed by atoms with Crippen molar-refractivity contribution in [2.24, 2.45) is 23.7 Å². The fourth-order valence-electron chi connectivity index (χ4n) is 6.36. The lowest BCUT2D eigenvalue weighted by atomic mass is 9.57. The molecule has 0 aromatic heterocycles. The van der Waals surface area contributed by atoms with E-state index in [4.69, 9.17) is 4.74 Å². The summed E-state index contributed by atoms with van der Waals surface area (Å²) in [6, 6.07) is 5.57. The topological polar surface area (TPSA) is 53.0 Å². The van der Waals surface area contributed by atoms with Crippen molar-refractivity contribution in [2.45, 2.75) is 58.4 Å². The van der Waals surface area contributed by atoms with Crippen molar-refractivity contribution >= 4 is 11.7 Å². The van der Waals surface area contributed by atoms with Gasteiger partial charge in [0.1, 0.15) is 6.10 Å². The molecule has 1 unspecified atom stereocenters. The van der Waals surface area contributed by atoms with Gasteiger partial charge in [-0.05, 0) is 61.3 Å². The van der Waals surface area contributed by atoms with Crippen molar-refractivity contribution in [1.29, 1.82) is 0 Å². The molecule has 6 atom stereocenters. The first-order chi connectivity index (χ1) is 16.9. The molecule has 1 saturated heterocycles. The summed E-state index contributed by atoms with van der Waals surface area (Å²) < 4.78 is 44.8. The zero-order chi connectivity index (χ0) is 26.3. The maximum atomic E-state index is 13.1. The number of fused-ring (bicyclic) bond motifs is 1. The number of hydrogen-bond donors (Lipinski definition) is 1. The molecule has 1 aromatic rings. The molecule has 36 heavy (non-hydrogen) atoms. The number of aliphatic hydroxyl groups is 1. The molecule has 0 bridgehead atoms. The van der Waals surface area contributed by atoms with Crippen molar-refractivity contribution in [1.82, 2.24) is 4.90 Å². The highest BCUT2D eigenvalue weighted by atomic mass is 19.4. The van der Waals surface area contributed by atoms with Crippen LogP contribution in [0.5, 0.6) is 0 Å². The van der Waals surface area contributed by atoms with Crippen LogP contribution in [0.3, 0.4) is 0 Å². The molecule has 1 radical (unpaired) electrons. The number of hydrogen-bond acceptors (Lipinski definition) is 5. The smallest absolute Gasteiger partial charge is 0.416 e. The average Bonchev–Trinajstić information content (AvgIpc) is 2.81. The number of anilines is 1. The summed E-state index contributed by atoms with van der Waals surface area (Å²) in [4.78, 5) is 16.0. The van der Waals surface area contributed by atoms with Crippen molar-refractivity contribution in [2.75, 3.05) is 37.6 Å². The lowest BCUT2D eigenvalue weighted by Crippen LogP contribution is -2.57. The van der Waals surface area contributed by atoms with Gasteiger partial charge in [-0.1, -0.05) is 26.0 Å². The van der Waals surface area contributed by atoms with Crippen LogP contribution in [0.15, 0.2) is 35.9 Å². The minimum Gasteiger partial charge on any atom is -0.458 e. The van der Waals surface area contributed by atoms with E-state index < -0.39 is 23.4 Å². The number of halogens is 3. The number of esters is 1. The van der Waals surface area contributed by atoms with Gasteiger partial charge in [-0.25, -0.2) is 0 Å². The highest BCUT2D eigenvalue weighted by molar-refractivity contribution is 5.66. The molecule has 1 heterocycles. The number of nitrogens with zero attached hydrogens (tertiary/aromatic N) is 2. The van der Waals surface area contributed by atoms with E-state index in [1.165, 1.54) is 19.1 Å². The Balaban J connectivity index is 1.39. The molecule has 199 valence electrons. The molecule has 1 N–H and O–H groups in total. The van der Waals surface area contributed by atoms with Crippen LogP contribution in [0.2, 0.25) is 0 Å². The molecule has 5 nitrogen and oxygen atoms in total. The first-order valence-corrected chi connectivity index (χ1v) is 13.0. The Morgan fingerprint density at radius 3 is 2.56 bits per heavy atom. The summed E-state index contributed by atoms with van der Waals surface area (Å²) in [6.45, 7) is 11.5. The number of alkyl halides is 3. The van der Waals surface area contributed by atoms with E-state index >= 15 is 0 Å². The number of carbonyl (C=O) groups excluding carboxylic acids is 1. The van der Waals surface area contributed by atoms with Gasteiger partial charge in [0, 0.05) is 57.7 Å². The maximum absolute atomic E-state index is 13.1. The van der Waals surface area contributed by atoms with Crippen LogP contribution in [-0.4, -0.2) is 60.4 Å². The van der Waals surface area contributed by atoms with Crippen LogP contribution in [0.4, 0.5) is 18.9 Å². The SMILES string of the molecule is CC(=O)O[C@@H]1[CH][C@@]2(O)[C@H](C)CC[C@@H](C(C)CN3CCN(c4cccc(C(F)(F)F)c4)CC3)[C@H]2C=C1C. The normalized spacial score (nSPS) is 32.4. The van der Waals surface area contributed by atoms with Gasteiger partial charge >= 0.3 is 12.1 Å². The number of piperazine rings is 1. The maximum Gasteiger partial charge on any atom is 0.416 e.